The average Bonchev–Trinajstić information content (AvgIpc) is 2.24. The zero-order chi connectivity index (χ0) is 11.7. The van der Waals surface area contributed by atoms with Gasteiger partial charge in [0.15, 0.2) is 0 Å². The van der Waals surface area contributed by atoms with Crippen molar-refractivity contribution in [2.24, 2.45) is 0 Å². The van der Waals surface area contributed by atoms with Crippen LogP contribution in [-0.4, -0.2) is 40.3 Å². The number of aliphatic hydroxyl groups excluding tert-OH is 2. The molecule has 3 nitrogen and oxygen atoms in total. The minimum Gasteiger partial charge on any atom is -0.391 e. The highest BCUT2D eigenvalue weighted by Gasteiger charge is 2.22. The van der Waals surface area contributed by atoms with Crippen LogP contribution in [0.15, 0.2) is 0 Å². The van der Waals surface area contributed by atoms with Crippen LogP contribution < -0.4 is 0 Å². The Hall–Kier alpha value is -0.120. The van der Waals surface area contributed by atoms with Crippen LogP contribution in [0, 0.1) is 6.61 Å². The van der Waals surface area contributed by atoms with Crippen LogP contribution in [0.4, 0.5) is 0 Å². The van der Waals surface area contributed by atoms with Crippen LogP contribution in [0.25, 0.3) is 0 Å². The molecule has 0 aromatic carbocycles. The summed E-state index contributed by atoms with van der Waals surface area (Å²) in [6, 6.07) is 0.184. The molecular formula is C12H26NO2. The summed E-state index contributed by atoms with van der Waals surface area (Å²) in [6.45, 7) is 9.40. The van der Waals surface area contributed by atoms with Crippen LogP contribution in [0.2, 0.25) is 0 Å². The van der Waals surface area contributed by atoms with E-state index in [-0.39, 0.29) is 12.1 Å². The molecule has 0 aliphatic rings. The van der Waals surface area contributed by atoms with Gasteiger partial charge in [0.1, 0.15) is 0 Å². The SMILES string of the molecule is CCCC(O)C(CC[CH]O)N(CC)CC. The van der Waals surface area contributed by atoms with Crippen LogP contribution in [-0.2, 0) is 0 Å². The fourth-order valence-electron chi connectivity index (χ4n) is 2.04. The van der Waals surface area contributed by atoms with Crippen molar-refractivity contribution in [2.45, 2.75) is 58.6 Å². The van der Waals surface area contributed by atoms with Gasteiger partial charge in [0.05, 0.1) is 12.7 Å². The lowest BCUT2D eigenvalue weighted by molar-refractivity contribution is 0.0419. The van der Waals surface area contributed by atoms with Gasteiger partial charge in [-0.15, -0.1) is 0 Å². The van der Waals surface area contributed by atoms with Crippen molar-refractivity contribution in [1.82, 2.24) is 4.90 Å². The van der Waals surface area contributed by atoms with Gasteiger partial charge in [-0.05, 0) is 32.4 Å². The molecule has 2 N–H and O–H groups in total. The molecule has 15 heavy (non-hydrogen) atoms. The first-order valence-electron chi connectivity index (χ1n) is 6.09. The van der Waals surface area contributed by atoms with Gasteiger partial charge in [0.2, 0.25) is 0 Å². The second-order valence-corrected chi connectivity index (χ2v) is 3.90. The second kappa shape index (κ2) is 9.13. The number of rotatable bonds is 9. The summed E-state index contributed by atoms with van der Waals surface area (Å²) in [5.74, 6) is 0. The molecule has 3 heteroatoms. The fourth-order valence-corrected chi connectivity index (χ4v) is 2.04. The van der Waals surface area contributed by atoms with Gasteiger partial charge in [-0.25, -0.2) is 0 Å². The lowest BCUT2D eigenvalue weighted by Crippen LogP contribution is -2.43. The van der Waals surface area contributed by atoms with Gasteiger partial charge >= 0.3 is 0 Å². The zero-order valence-electron chi connectivity index (χ0n) is 10.3. The Balaban J connectivity index is 4.25. The Morgan fingerprint density at radius 2 is 1.73 bits per heavy atom. The van der Waals surface area contributed by atoms with Gasteiger partial charge < -0.3 is 10.2 Å². The smallest absolute Gasteiger partial charge is 0.0799 e. The van der Waals surface area contributed by atoms with E-state index in [9.17, 15) is 5.11 Å². The summed E-state index contributed by atoms with van der Waals surface area (Å²) in [5.41, 5.74) is 0. The van der Waals surface area contributed by atoms with Crippen molar-refractivity contribution in [3.05, 3.63) is 6.61 Å². The highest BCUT2D eigenvalue weighted by molar-refractivity contribution is 4.78. The van der Waals surface area contributed by atoms with Crippen molar-refractivity contribution in [3.8, 4) is 0 Å². The summed E-state index contributed by atoms with van der Waals surface area (Å²) in [6.07, 6.45) is 3.06. The first-order chi connectivity index (χ1) is 7.21. The molecular weight excluding hydrogens is 190 g/mol. The largest absolute Gasteiger partial charge is 0.391 e. The first-order valence-corrected chi connectivity index (χ1v) is 6.09. The van der Waals surface area contributed by atoms with E-state index in [1.165, 1.54) is 6.61 Å². The Kier molecular flexibility index (Phi) is 9.06. The molecule has 0 rings (SSSR count). The van der Waals surface area contributed by atoms with Crippen LogP contribution >= 0.6 is 0 Å². The predicted octanol–water partition coefficient (Wildman–Crippen LogP) is 2.17. The normalized spacial score (nSPS) is 15.6. The molecule has 0 fully saturated rings. The monoisotopic (exact) mass is 216 g/mol. The van der Waals surface area contributed by atoms with Crippen LogP contribution in [0.5, 0.6) is 0 Å². The Labute approximate surface area is 94.1 Å². The third-order valence-electron chi connectivity index (χ3n) is 2.90. The molecule has 0 saturated carbocycles. The molecule has 0 aliphatic heterocycles. The zero-order valence-corrected chi connectivity index (χ0v) is 10.3. The van der Waals surface area contributed by atoms with E-state index >= 15 is 0 Å². The average molecular weight is 216 g/mol. The maximum absolute atomic E-state index is 10.0. The molecule has 0 heterocycles. The van der Waals surface area contributed by atoms with Crippen LogP contribution in [0.3, 0.4) is 0 Å². The van der Waals surface area contributed by atoms with Crippen molar-refractivity contribution in [2.75, 3.05) is 13.1 Å². The lowest BCUT2D eigenvalue weighted by atomic mass is 10.00. The molecule has 91 valence electrons. The van der Waals surface area contributed by atoms with E-state index in [2.05, 4.69) is 25.7 Å². The molecule has 0 saturated heterocycles. The van der Waals surface area contributed by atoms with Crippen molar-refractivity contribution in [3.63, 3.8) is 0 Å². The first kappa shape index (κ1) is 14.9. The third kappa shape index (κ3) is 5.50. The molecule has 0 aliphatic carbocycles. The Bertz CT molecular complexity index is 138. The predicted molar refractivity (Wildman–Crippen MR) is 63.1 cm³/mol. The minimum atomic E-state index is -0.269. The molecule has 2 atom stereocenters. The highest BCUT2D eigenvalue weighted by atomic mass is 16.3. The van der Waals surface area contributed by atoms with E-state index in [1.807, 2.05) is 0 Å². The van der Waals surface area contributed by atoms with Crippen molar-refractivity contribution in [1.29, 1.82) is 0 Å². The molecule has 1 radical (unpaired) electrons. The summed E-state index contributed by atoms with van der Waals surface area (Å²) < 4.78 is 0. The topological polar surface area (TPSA) is 43.7 Å². The summed E-state index contributed by atoms with van der Waals surface area (Å²) in [5, 5.41) is 18.8. The molecule has 0 amide bonds. The number of hydrogen-bond donors (Lipinski definition) is 2. The number of nitrogens with zero attached hydrogens (tertiary/aromatic N) is 1. The molecule has 0 aromatic heterocycles. The summed E-state index contributed by atoms with van der Waals surface area (Å²) in [7, 11) is 0. The standard InChI is InChI=1S/C12H26NO2/c1-4-8-12(15)11(9-7-10-14)13(5-2)6-3/h10-12,14-15H,4-9H2,1-3H3. The van der Waals surface area contributed by atoms with Gasteiger partial charge in [0, 0.05) is 6.04 Å². The molecule has 0 spiro atoms. The highest BCUT2D eigenvalue weighted by Crippen LogP contribution is 2.15. The summed E-state index contributed by atoms with van der Waals surface area (Å²) >= 11 is 0. The maximum Gasteiger partial charge on any atom is 0.0799 e. The Morgan fingerprint density at radius 3 is 2.13 bits per heavy atom. The molecule has 2 unspecified atom stereocenters. The number of hydrogen-bond acceptors (Lipinski definition) is 3. The van der Waals surface area contributed by atoms with Gasteiger partial charge in [-0.2, -0.15) is 0 Å². The molecule has 0 bridgehead atoms. The van der Waals surface area contributed by atoms with Crippen molar-refractivity contribution < 1.29 is 10.2 Å². The quantitative estimate of drug-likeness (QED) is 0.621. The van der Waals surface area contributed by atoms with E-state index in [4.69, 9.17) is 5.11 Å². The fraction of sp³-hybridized carbons (Fsp3) is 0.917. The number of aliphatic hydroxyl groups is 2. The van der Waals surface area contributed by atoms with E-state index in [0.29, 0.717) is 6.42 Å². The third-order valence-corrected chi connectivity index (χ3v) is 2.90. The minimum absolute atomic E-state index is 0.184. The van der Waals surface area contributed by atoms with Gasteiger partial charge in [-0.1, -0.05) is 27.2 Å². The van der Waals surface area contributed by atoms with Crippen LogP contribution in [0.1, 0.15) is 46.5 Å². The molecule has 0 aromatic rings. The Morgan fingerprint density at radius 1 is 1.13 bits per heavy atom. The van der Waals surface area contributed by atoms with Gasteiger partial charge in [-0.3, -0.25) is 4.90 Å². The lowest BCUT2D eigenvalue weighted by Gasteiger charge is -2.33. The summed E-state index contributed by atoms with van der Waals surface area (Å²) in [4.78, 5) is 2.27. The second-order valence-electron chi connectivity index (χ2n) is 3.90. The number of likely N-dealkylation sites (N-methyl/N-ethyl adjacent to an activating group) is 1. The van der Waals surface area contributed by atoms with E-state index < -0.39 is 0 Å². The van der Waals surface area contributed by atoms with E-state index in [1.54, 1.807) is 0 Å². The van der Waals surface area contributed by atoms with E-state index in [0.717, 1.165) is 32.4 Å². The maximum atomic E-state index is 10.0. The van der Waals surface area contributed by atoms with Gasteiger partial charge in [0.25, 0.3) is 0 Å². The van der Waals surface area contributed by atoms with Crippen molar-refractivity contribution >= 4 is 0 Å².